The molecule has 0 N–H and O–H groups in total. The fourth-order valence-electron chi connectivity index (χ4n) is 4.50. The highest BCUT2D eigenvalue weighted by Crippen LogP contribution is 2.33. The monoisotopic (exact) mass is 340 g/mol. The predicted octanol–water partition coefficient (Wildman–Crippen LogP) is 2.18. The Morgan fingerprint density at radius 2 is 1.68 bits per heavy atom. The molecule has 0 spiro atoms. The van der Waals surface area contributed by atoms with Gasteiger partial charge in [0.2, 0.25) is 5.95 Å². The molecule has 0 unspecified atom stereocenters. The molecule has 2 atom stereocenters. The van der Waals surface area contributed by atoms with E-state index in [1.807, 2.05) is 30.2 Å². The Balaban J connectivity index is 1.39. The molecule has 2 aliphatic rings. The van der Waals surface area contributed by atoms with Gasteiger partial charge in [-0.2, -0.15) is 5.10 Å². The van der Waals surface area contributed by atoms with Crippen molar-refractivity contribution in [2.45, 2.75) is 33.2 Å². The first-order valence-electron chi connectivity index (χ1n) is 9.35. The maximum atomic E-state index is 4.57. The van der Waals surface area contributed by atoms with Crippen LogP contribution >= 0.6 is 0 Å². The van der Waals surface area contributed by atoms with Crippen molar-refractivity contribution >= 4 is 5.95 Å². The normalized spacial score (nSPS) is 24.4. The Hall–Kier alpha value is -1.95. The average Bonchev–Trinajstić information content (AvgIpc) is 3.03. The van der Waals surface area contributed by atoms with Crippen LogP contribution in [0.5, 0.6) is 0 Å². The van der Waals surface area contributed by atoms with Crippen molar-refractivity contribution in [2.75, 3.05) is 31.1 Å². The first-order valence-corrected chi connectivity index (χ1v) is 9.35. The lowest BCUT2D eigenvalue weighted by molar-refractivity contribution is 0.307. The van der Waals surface area contributed by atoms with Crippen molar-refractivity contribution in [1.29, 1.82) is 0 Å². The van der Waals surface area contributed by atoms with Gasteiger partial charge < -0.3 is 4.90 Å². The summed E-state index contributed by atoms with van der Waals surface area (Å²) in [5.74, 6) is 2.48. The molecule has 0 aliphatic carbocycles. The van der Waals surface area contributed by atoms with E-state index >= 15 is 0 Å². The number of anilines is 1. The molecular formula is C19H28N6. The van der Waals surface area contributed by atoms with Gasteiger partial charge in [0.15, 0.2) is 0 Å². The van der Waals surface area contributed by atoms with Gasteiger partial charge in [-0.15, -0.1) is 0 Å². The Bertz CT molecular complexity index is 709. The predicted molar refractivity (Wildman–Crippen MR) is 98.4 cm³/mol. The van der Waals surface area contributed by atoms with Gasteiger partial charge in [-0.25, -0.2) is 9.97 Å². The number of nitrogens with zero attached hydrogens (tertiary/aromatic N) is 6. The van der Waals surface area contributed by atoms with Crippen LogP contribution in [0.1, 0.15) is 29.8 Å². The summed E-state index contributed by atoms with van der Waals surface area (Å²) < 4.78 is 2.01. The molecule has 2 fully saturated rings. The average molecular weight is 340 g/mol. The van der Waals surface area contributed by atoms with Crippen molar-refractivity contribution in [2.24, 2.45) is 18.9 Å². The van der Waals surface area contributed by atoms with Crippen molar-refractivity contribution in [3.05, 3.63) is 35.4 Å². The van der Waals surface area contributed by atoms with Crippen LogP contribution in [0.3, 0.4) is 0 Å². The number of hydrogen-bond donors (Lipinski definition) is 0. The van der Waals surface area contributed by atoms with Gasteiger partial charge in [0.05, 0.1) is 5.69 Å². The Morgan fingerprint density at radius 3 is 2.24 bits per heavy atom. The molecule has 6 nitrogen and oxygen atoms in total. The number of likely N-dealkylation sites (tertiary alicyclic amines) is 1. The molecule has 2 aliphatic heterocycles. The molecule has 4 heterocycles. The minimum atomic E-state index is 0.797. The van der Waals surface area contributed by atoms with E-state index in [0.717, 1.165) is 37.4 Å². The highest BCUT2D eigenvalue weighted by molar-refractivity contribution is 5.29. The third kappa shape index (κ3) is 3.27. The van der Waals surface area contributed by atoms with Crippen LogP contribution in [-0.4, -0.2) is 50.8 Å². The molecule has 0 saturated carbocycles. The zero-order chi connectivity index (χ0) is 17.4. The van der Waals surface area contributed by atoms with E-state index in [4.69, 9.17) is 0 Å². The fraction of sp³-hybridized carbons (Fsp3) is 0.632. The quantitative estimate of drug-likeness (QED) is 0.857. The summed E-state index contributed by atoms with van der Waals surface area (Å²) >= 11 is 0. The topological polar surface area (TPSA) is 50.1 Å². The third-order valence-corrected chi connectivity index (χ3v) is 6.07. The van der Waals surface area contributed by atoms with Crippen LogP contribution in [0.15, 0.2) is 18.5 Å². The molecule has 25 heavy (non-hydrogen) atoms. The maximum absolute atomic E-state index is 4.57. The van der Waals surface area contributed by atoms with Crippen LogP contribution in [0.25, 0.3) is 0 Å². The van der Waals surface area contributed by atoms with E-state index < -0.39 is 0 Å². The van der Waals surface area contributed by atoms with Gasteiger partial charge >= 0.3 is 0 Å². The second-order valence-corrected chi connectivity index (χ2v) is 7.60. The molecular weight excluding hydrogens is 312 g/mol. The van der Waals surface area contributed by atoms with Gasteiger partial charge in [-0.1, -0.05) is 0 Å². The molecule has 2 aromatic heterocycles. The standard InChI is InChI=1S/C19H28N6/c1-14-18(15(2)23(3)22-14)13-24-11-16-5-9-25(10-6-17(16)12-24)19-20-7-4-8-21-19/h4,7-8,16-17H,5-6,9-13H2,1-3H3/t16-,17+. The molecule has 4 rings (SSSR count). The van der Waals surface area contributed by atoms with Gasteiger partial charge in [0.25, 0.3) is 0 Å². The molecule has 0 amide bonds. The van der Waals surface area contributed by atoms with Crippen LogP contribution in [0.2, 0.25) is 0 Å². The van der Waals surface area contributed by atoms with E-state index in [0.29, 0.717) is 0 Å². The first kappa shape index (κ1) is 16.5. The number of rotatable bonds is 3. The first-order chi connectivity index (χ1) is 12.1. The van der Waals surface area contributed by atoms with E-state index in [2.05, 4.69) is 38.7 Å². The molecule has 0 aromatic carbocycles. The van der Waals surface area contributed by atoms with Crippen LogP contribution in [-0.2, 0) is 13.6 Å². The fourth-order valence-corrected chi connectivity index (χ4v) is 4.50. The van der Waals surface area contributed by atoms with Gasteiger partial charge in [-0.05, 0) is 44.6 Å². The zero-order valence-corrected chi connectivity index (χ0v) is 15.5. The minimum absolute atomic E-state index is 0.797. The molecule has 0 bridgehead atoms. The summed E-state index contributed by atoms with van der Waals surface area (Å²) in [5, 5.41) is 4.57. The minimum Gasteiger partial charge on any atom is -0.341 e. The maximum Gasteiger partial charge on any atom is 0.225 e. The lowest BCUT2D eigenvalue weighted by atomic mass is 9.92. The zero-order valence-electron chi connectivity index (χ0n) is 15.5. The number of hydrogen-bond acceptors (Lipinski definition) is 5. The number of aromatic nitrogens is 4. The van der Waals surface area contributed by atoms with Crippen molar-refractivity contribution < 1.29 is 0 Å². The van der Waals surface area contributed by atoms with Gasteiger partial charge in [0.1, 0.15) is 0 Å². The number of aryl methyl sites for hydroxylation is 2. The lowest BCUT2D eigenvalue weighted by Gasteiger charge is -2.22. The smallest absolute Gasteiger partial charge is 0.225 e. The van der Waals surface area contributed by atoms with Gasteiger partial charge in [0, 0.05) is 63.4 Å². The Morgan fingerprint density at radius 1 is 1.04 bits per heavy atom. The summed E-state index contributed by atoms with van der Waals surface area (Å²) in [5.41, 5.74) is 3.90. The van der Waals surface area contributed by atoms with Crippen LogP contribution < -0.4 is 4.90 Å². The SMILES string of the molecule is Cc1nn(C)c(C)c1CN1C[C@H]2CCN(c3ncccn3)CC[C@H]2C1. The molecule has 0 radical (unpaired) electrons. The highest BCUT2D eigenvalue weighted by Gasteiger charge is 2.35. The molecule has 2 aromatic rings. The second-order valence-electron chi connectivity index (χ2n) is 7.60. The van der Waals surface area contributed by atoms with E-state index in [-0.39, 0.29) is 0 Å². The summed E-state index contributed by atoms with van der Waals surface area (Å²) in [6, 6.07) is 1.89. The lowest BCUT2D eigenvalue weighted by Crippen LogP contribution is -2.28. The molecule has 6 heteroatoms. The van der Waals surface area contributed by atoms with E-state index in [1.54, 1.807) is 0 Å². The Kier molecular flexibility index (Phi) is 4.46. The highest BCUT2D eigenvalue weighted by atomic mass is 15.3. The van der Waals surface area contributed by atoms with E-state index in [1.165, 1.54) is 42.9 Å². The van der Waals surface area contributed by atoms with Crippen molar-refractivity contribution in [3.63, 3.8) is 0 Å². The van der Waals surface area contributed by atoms with Crippen LogP contribution in [0, 0.1) is 25.7 Å². The second kappa shape index (κ2) is 6.75. The summed E-state index contributed by atoms with van der Waals surface area (Å²) in [4.78, 5) is 13.9. The number of fused-ring (bicyclic) bond motifs is 1. The van der Waals surface area contributed by atoms with Gasteiger partial charge in [-0.3, -0.25) is 9.58 Å². The summed E-state index contributed by atoms with van der Waals surface area (Å²) in [6.07, 6.45) is 6.16. The largest absolute Gasteiger partial charge is 0.341 e. The van der Waals surface area contributed by atoms with Crippen LogP contribution in [0.4, 0.5) is 5.95 Å². The summed E-state index contributed by atoms with van der Waals surface area (Å²) in [6.45, 7) is 9.93. The van der Waals surface area contributed by atoms with Crippen molar-refractivity contribution in [1.82, 2.24) is 24.6 Å². The van der Waals surface area contributed by atoms with E-state index in [9.17, 15) is 0 Å². The van der Waals surface area contributed by atoms with Crippen molar-refractivity contribution in [3.8, 4) is 0 Å². The molecule has 2 saturated heterocycles. The third-order valence-electron chi connectivity index (χ3n) is 6.07. The Labute approximate surface area is 149 Å². The molecule has 134 valence electrons. The summed E-state index contributed by atoms with van der Waals surface area (Å²) in [7, 11) is 2.04.